The second-order valence-electron chi connectivity index (χ2n) is 5.92. The average molecular weight is 249 g/mol. The molecule has 0 aromatic carbocycles. The largest absolute Gasteiger partial charge is 0.337 e. The third-order valence-electron chi connectivity index (χ3n) is 4.96. The van der Waals surface area contributed by atoms with Gasteiger partial charge in [0.15, 0.2) is 0 Å². The van der Waals surface area contributed by atoms with Crippen LogP contribution in [0.2, 0.25) is 0 Å². The molecular weight excluding hydrogens is 226 g/mol. The minimum Gasteiger partial charge on any atom is -0.337 e. The molecule has 3 saturated heterocycles. The lowest BCUT2D eigenvalue weighted by molar-refractivity contribution is -0.127. The lowest BCUT2D eigenvalue weighted by Crippen LogP contribution is -2.42. The Morgan fingerprint density at radius 3 is 2.61 bits per heavy atom. The standard InChI is InChI=1S/C14H23N3O/c1-10(11-7-15-8-11)14(18)17-6-5-12-3-4-13(9-17)16(12)2/h12-13,15H,3-9H2,1-2H3. The molecule has 0 radical (unpaired) electrons. The van der Waals surface area contributed by atoms with Crippen LogP contribution in [0.1, 0.15) is 26.2 Å². The van der Waals surface area contributed by atoms with Crippen molar-refractivity contribution in [1.29, 1.82) is 0 Å². The molecule has 3 fully saturated rings. The molecule has 4 heteroatoms. The van der Waals surface area contributed by atoms with Crippen molar-refractivity contribution in [2.45, 2.75) is 38.3 Å². The van der Waals surface area contributed by atoms with Crippen LogP contribution in [-0.4, -0.2) is 61.0 Å². The smallest absolute Gasteiger partial charge is 0.249 e. The Kier molecular flexibility index (Phi) is 3.16. The summed E-state index contributed by atoms with van der Waals surface area (Å²) < 4.78 is 0. The van der Waals surface area contributed by atoms with E-state index in [2.05, 4.69) is 22.2 Å². The van der Waals surface area contributed by atoms with Crippen LogP contribution in [-0.2, 0) is 4.79 Å². The van der Waals surface area contributed by atoms with E-state index in [4.69, 9.17) is 0 Å². The summed E-state index contributed by atoms with van der Waals surface area (Å²) in [5.41, 5.74) is 2.27. The lowest BCUT2D eigenvalue weighted by atomic mass is 10.0. The molecule has 18 heavy (non-hydrogen) atoms. The summed E-state index contributed by atoms with van der Waals surface area (Å²) in [7, 11) is 2.22. The first-order valence-electron chi connectivity index (χ1n) is 7.07. The van der Waals surface area contributed by atoms with Gasteiger partial charge in [0.05, 0.1) is 0 Å². The maximum absolute atomic E-state index is 12.5. The van der Waals surface area contributed by atoms with E-state index in [1.165, 1.54) is 18.4 Å². The monoisotopic (exact) mass is 249 g/mol. The minimum atomic E-state index is 0.271. The molecule has 0 aromatic heterocycles. The third-order valence-corrected chi connectivity index (χ3v) is 4.96. The van der Waals surface area contributed by atoms with Crippen LogP contribution in [0.25, 0.3) is 0 Å². The highest BCUT2D eigenvalue weighted by molar-refractivity contribution is 5.94. The molecule has 3 heterocycles. The van der Waals surface area contributed by atoms with Crippen molar-refractivity contribution in [3.8, 4) is 0 Å². The normalized spacial score (nSPS) is 32.1. The van der Waals surface area contributed by atoms with Gasteiger partial charge >= 0.3 is 0 Å². The fourth-order valence-electron chi connectivity index (χ4n) is 3.40. The van der Waals surface area contributed by atoms with Crippen molar-refractivity contribution in [3.63, 3.8) is 0 Å². The van der Waals surface area contributed by atoms with E-state index in [1.807, 2.05) is 6.92 Å². The first-order chi connectivity index (χ1) is 8.66. The van der Waals surface area contributed by atoms with Gasteiger partial charge in [-0.2, -0.15) is 0 Å². The fourth-order valence-corrected chi connectivity index (χ4v) is 3.40. The Balaban J connectivity index is 1.71. The number of likely N-dealkylation sites (N-methyl/N-ethyl adjacent to an activating group) is 1. The summed E-state index contributed by atoms with van der Waals surface area (Å²) in [4.78, 5) is 17.1. The molecule has 3 rings (SSSR count). The van der Waals surface area contributed by atoms with Crippen molar-refractivity contribution >= 4 is 5.91 Å². The average Bonchev–Trinajstić information content (AvgIpc) is 2.50. The Hall–Kier alpha value is -0.870. The Morgan fingerprint density at radius 1 is 1.22 bits per heavy atom. The maximum atomic E-state index is 12.5. The number of rotatable bonds is 1. The number of nitrogens with one attached hydrogen (secondary N) is 1. The Bertz CT molecular complexity index is 385. The Morgan fingerprint density at radius 2 is 1.94 bits per heavy atom. The van der Waals surface area contributed by atoms with Gasteiger partial charge in [0.2, 0.25) is 5.91 Å². The van der Waals surface area contributed by atoms with Crippen molar-refractivity contribution < 1.29 is 4.79 Å². The number of nitrogens with zero attached hydrogens (tertiary/aromatic N) is 2. The molecule has 0 aliphatic carbocycles. The lowest BCUT2D eigenvalue weighted by Gasteiger charge is -2.28. The van der Waals surface area contributed by atoms with Crippen LogP contribution in [0.15, 0.2) is 11.1 Å². The topological polar surface area (TPSA) is 35.6 Å². The van der Waals surface area contributed by atoms with Crippen molar-refractivity contribution in [2.24, 2.45) is 0 Å². The first kappa shape index (κ1) is 12.2. The molecule has 3 aliphatic rings. The zero-order valence-electron chi connectivity index (χ0n) is 11.4. The quantitative estimate of drug-likeness (QED) is 0.691. The third kappa shape index (κ3) is 1.97. The number of hydrogen-bond acceptors (Lipinski definition) is 3. The van der Waals surface area contributed by atoms with Crippen molar-refractivity contribution in [3.05, 3.63) is 11.1 Å². The van der Waals surface area contributed by atoms with Gasteiger partial charge in [-0.05, 0) is 38.8 Å². The van der Waals surface area contributed by atoms with E-state index in [1.54, 1.807) is 0 Å². The molecule has 2 atom stereocenters. The Labute approximate surface area is 109 Å². The molecule has 2 bridgehead atoms. The van der Waals surface area contributed by atoms with Crippen LogP contribution in [0, 0.1) is 0 Å². The van der Waals surface area contributed by atoms with Gasteiger partial charge in [-0.1, -0.05) is 0 Å². The predicted molar refractivity (Wildman–Crippen MR) is 71.3 cm³/mol. The number of likely N-dealkylation sites (tertiary alicyclic amines) is 1. The number of hydrogen-bond donors (Lipinski definition) is 1. The zero-order valence-corrected chi connectivity index (χ0v) is 11.4. The first-order valence-corrected chi connectivity index (χ1v) is 7.07. The summed E-state index contributed by atoms with van der Waals surface area (Å²) in [5, 5.41) is 3.21. The molecule has 2 unspecified atom stereocenters. The van der Waals surface area contributed by atoms with Gasteiger partial charge < -0.3 is 10.2 Å². The van der Waals surface area contributed by atoms with Gasteiger partial charge in [0, 0.05) is 43.8 Å². The van der Waals surface area contributed by atoms with Crippen LogP contribution in [0.5, 0.6) is 0 Å². The molecular formula is C14H23N3O. The highest BCUT2D eigenvalue weighted by atomic mass is 16.2. The van der Waals surface area contributed by atoms with Crippen LogP contribution >= 0.6 is 0 Å². The molecule has 0 saturated carbocycles. The summed E-state index contributed by atoms with van der Waals surface area (Å²) in [6, 6.07) is 1.28. The number of carbonyl (C=O) groups excluding carboxylic acids is 1. The molecule has 0 aromatic rings. The molecule has 1 N–H and O–H groups in total. The summed E-state index contributed by atoms with van der Waals surface area (Å²) >= 11 is 0. The molecule has 100 valence electrons. The number of carbonyl (C=O) groups is 1. The molecule has 0 spiro atoms. The van der Waals surface area contributed by atoms with Gasteiger partial charge in [-0.3, -0.25) is 9.69 Å². The predicted octanol–water partition coefficient (Wildman–Crippen LogP) is 0.601. The highest BCUT2D eigenvalue weighted by Crippen LogP contribution is 2.29. The number of amides is 1. The zero-order chi connectivity index (χ0) is 12.7. The van der Waals surface area contributed by atoms with Gasteiger partial charge in [-0.25, -0.2) is 0 Å². The second kappa shape index (κ2) is 4.67. The van der Waals surface area contributed by atoms with Crippen LogP contribution < -0.4 is 5.32 Å². The van der Waals surface area contributed by atoms with E-state index in [9.17, 15) is 4.79 Å². The van der Waals surface area contributed by atoms with Crippen LogP contribution in [0.4, 0.5) is 0 Å². The maximum Gasteiger partial charge on any atom is 0.249 e. The van der Waals surface area contributed by atoms with E-state index in [0.29, 0.717) is 12.1 Å². The summed E-state index contributed by atoms with van der Waals surface area (Å²) in [6.07, 6.45) is 3.70. The van der Waals surface area contributed by atoms with E-state index < -0.39 is 0 Å². The van der Waals surface area contributed by atoms with Gasteiger partial charge in [0.25, 0.3) is 0 Å². The SMILES string of the molecule is CC(C(=O)N1CCC2CCC(C1)N2C)=C1CNC1. The van der Waals surface area contributed by atoms with Gasteiger partial charge in [0.1, 0.15) is 0 Å². The minimum absolute atomic E-state index is 0.271. The molecule has 1 amide bonds. The van der Waals surface area contributed by atoms with Gasteiger partial charge in [-0.15, -0.1) is 0 Å². The fraction of sp³-hybridized carbons (Fsp3) is 0.786. The molecule has 3 aliphatic heterocycles. The van der Waals surface area contributed by atoms with Crippen molar-refractivity contribution in [2.75, 3.05) is 33.2 Å². The molecule has 4 nitrogen and oxygen atoms in total. The van der Waals surface area contributed by atoms with Crippen LogP contribution in [0.3, 0.4) is 0 Å². The summed E-state index contributed by atoms with van der Waals surface area (Å²) in [6.45, 7) is 5.65. The van der Waals surface area contributed by atoms with E-state index >= 15 is 0 Å². The van der Waals surface area contributed by atoms with E-state index in [-0.39, 0.29) is 5.91 Å². The van der Waals surface area contributed by atoms with Crippen molar-refractivity contribution in [1.82, 2.24) is 15.1 Å². The number of fused-ring (bicyclic) bond motifs is 2. The summed E-state index contributed by atoms with van der Waals surface area (Å²) in [5.74, 6) is 0.271. The van der Waals surface area contributed by atoms with E-state index in [0.717, 1.165) is 38.2 Å². The second-order valence-corrected chi connectivity index (χ2v) is 5.92. The highest BCUT2D eigenvalue weighted by Gasteiger charge is 2.36.